The summed E-state index contributed by atoms with van der Waals surface area (Å²) in [6.45, 7) is 3.80. The fraction of sp³-hybridized carbons (Fsp3) is 0.269. The number of hydrogen-bond acceptors (Lipinski definition) is 9. The number of thiazole rings is 1. The Hall–Kier alpha value is -3.57. The molecule has 192 valence electrons. The SMILES string of the molecule is CCOC(=O)C1=C(C)N=c2s/c(=C\c3cc4c(cc3Br)OCO4)c(=O)n2[C@H]1c1ccc(OC)cc1OC. The first kappa shape index (κ1) is 25.1. The molecule has 0 saturated heterocycles. The number of fused-ring (bicyclic) bond motifs is 2. The first-order valence-corrected chi connectivity index (χ1v) is 13.0. The Labute approximate surface area is 224 Å². The molecule has 1 aromatic heterocycles. The standard InChI is InChI=1S/C26H23BrN2O7S/c1-5-34-25(31)22-13(2)28-26-29(23(22)16-7-6-15(32-3)10-18(16)33-4)24(30)21(37-26)9-14-8-19-20(11-17(14)27)36-12-35-19/h6-11,23H,5,12H2,1-4H3/b21-9-/t23-/m0/s1. The Morgan fingerprint density at radius 1 is 1.22 bits per heavy atom. The van der Waals surface area contributed by atoms with Crippen LogP contribution in [0.15, 0.2) is 55.9 Å². The van der Waals surface area contributed by atoms with Crippen LogP contribution in [0, 0.1) is 0 Å². The molecule has 0 bridgehead atoms. The molecular formula is C26H23BrN2O7S. The molecule has 5 rings (SSSR count). The van der Waals surface area contributed by atoms with Gasteiger partial charge >= 0.3 is 5.97 Å². The molecule has 0 saturated carbocycles. The lowest BCUT2D eigenvalue weighted by atomic mass is 9.95. The minimum absolute atomic E-state index is 0.146. The van der Waals surface area contributed by atoms with Crippen molar-refractivity contribution in [1.82, 2.24) is 4.57 Å². The number of ether oxygens (including phenoxy) is 5. The van der Waals surface area contributed by atoms with Gasteiger partial charge in [-0.1, -0.05) is 27.3 Å². The van der Waals surface area contributed by atoms with E-state index in [1.807, 2.05) is 6.07 Å². The van der Waals surface area contributed by atoms with Crippen LogP contribution < -0.4 is 33.8 Å². The highest BCUT2D eigenvalue weighted by molar-refractivity contribution is 9.10. The number of halogens is 1. The molecule has 37 heavy (non-hydrogen) atoms. The van der Waals surface area contributed by atoms with Crippen LogP contribution >= 0.6 is 27.3 Å². The molecule has 1 atom stereocenters. The highest BCUT2D eigenvalue weighted by Crippen LogP contribution is 2.38. The van der Waals surface area contributed by atoms with Gasteiger partial charge in [0.2, 0.25) is 6.79 Å². The first-order chi connectivity index (χ1) is 17.9. The van der Waals surface area contributed by atoms with E-state index in [1.165, 1.54) is 23.0 Å². The van der Waals surface area contributed by atoms with Crippen LogP contribution in [0.5, 0.6) is 23.0 Å². The molecule has 3 heterocycles. The minimum atomic E-state index is -0.807. The van der Waals surface area contributed by atoms with Gasteiger partial charge in [-0.2, -0.15) is 0 Å². The number of benzene rings is 2. The van der Waals surface area contributed by atoms with Crippen LogP contribution in [0.2, 0.25) is 0 Å². The fourth-order valence-electron chi connectivity index (χ4n) is 4.31. The van der Waals surface area contributed by atoms with Gasteiger partial charge in [-0.05, 0) is 49.8 Å². The van der Waals surface area contributed by atoms with Crippen molar-refractivity contribution in [3.8, 4) is 23.0 Å². The molecule has 0 fully saturated rings. The summed E-state index contributed by atoms with van der Waals surface area (Å²) in [5, 5.41) is 0. The van der Waals surface area contributed by atoms with E-state index in [0.29, 0.717) is 43.6 Å². The maximum Gasteiger partial charge on any atom is 0.338 e. The first-order valence-electron chi connectivity index (χ1n) is 11.4. The van der Waals surface area contributed by atoms with Crippen LogP contribution in [0.3, 0.4) is 0 Å². The van der Waals surface area contributed by atoms with Gasteiger partial charge in [-0.3, -0.25) is 9.36 Å². The topological polar surface area (TPSA) is 97.6 Å². The Morgan fingerprint density at radius 3 is 2.68 bits per heavy atom. The van der Waals surface area contributed by atoms with Crippen molar-refractivity contribution in [2.24, 2.45) is 4.99 Å². The lowest BCUT2D eigenvalue weighted by Gasteiger charge is -2.26. The molecule has 0 radical (unpaired) electrons. The van der Waals surface area contributed by atoms with E-state index in [9.17, 15) is 9.59 Å². The van der Waals surface area contributed by atoms with Gasteiger partial charge in [0, 0.05) is 16.1 Å². The number of nitrogens with zero attached hydrogens (tertiary/aromatic N) is 2. The summed E-state index contributed by atoms with van der Waals surface area (Å²) in [5.74, 6) is 1.74. The molecule has 11 heteroatoms. The minimum Gasteiger partial charge on any atom is -0.497 e. The van der Waals surface area contributed by atoms with Crippen molar-refractivity contribution >= 4 is 39.3 Å². The second-order valence-corrected chi connectivity index (χ2v) is 10.0. The average Bonchev–Trinajstić information content (AvgIpc) is 3.46. The third-order valence-electron chi connectivity index (χ3n) is 6.03. The zero-order valence-electron chi connectivity index (χ0n) is 20.5. The van der Waals surface area contributed by atoms with Crippen LogP contribution in [-0.2, 0) is 9.53 Å². The van der Waals surface area contributed by atoms with Crippen LogP contribution in [0.4, 0.5) is 0 Å². The van der Waals surface area contributed by atoms with Crippen molar-refractivity contribution in [3.63, 3.8) is 0 Å². The van der Waals surface area contributed by atoms with E-state index in [1.54, 1.807) is 51.3 Å². The maximum absolute atomic E-state index is 13.9. The highest BCUT2D eigenvalue weighted by Gasteiger charge is 2.35. The van der Waals surface area contributed by atoms with Gasteiger partial charge in [0.05, 0.1) is 36.6 Å². The molecule has 0 amide bonds. The van der Waals surface area contributed by atoms with Crippen molar-refractivity contribution in [2.75, 3.05) is 27.6 Å². The number of hydrogen-bond donors (Lipinski definition) is 0. The molecule has 9 nitrogen and oxygen atoms in total. The third-order valence-corrected chi connectivity index (χ3v) is 7.70. The van der Waals surface area contributed by atoms with Gasteiger partial charge < -0.3 is 23.7 Å². The van der Waals surface area contributed by atoms with Crippen LogP contribution in [0.25, 0.3) is 6.08 Å². The van der Waals surface area contributed by atoms with Crippen LogP contribution in [0.1, 0.15) is 31.0 Å². The zero-order valence-corrected chi connectivity index (χ0v) is 22.9. The summed E-state index contributed by atoms with van der Waals surface area (Å²) in [6, 6.07) is 8.07. The van der Waals surface area contributed by atoms with Crippen molar-refractivity contribution in [1.29, 1.82) is 0 Å². The smallest absolute Gasteiger partial charge is 0.338 e. The summed E-state index contributed by atoms with van der Waals surface area (Å²) in [5.41, 5.74) is 1.80. The summed E-state index contributed by atoms with van der Waals surface area (Å²) in [4.78, 5) is 32.1. The Bertz CT molecular complexity index is 1620. The molecule has 0 spiro atoms. The van der Waals surface area contributed by atoms with Crippen molar-refractivity contribution in [2.45, 2.75) is 19.9 Å². The molecule has 0 N–H and O–H groups in total. The molecule has 0 unspecified atom stereocenters. The Morgan fingerprint density at radius 2 is 1.97 bits per heavy atom. The highest BCUT2D eigenvalue weighted by atomic mass is 79.9. The number of rotatable bonds is 6. The number of carbonyl (C=O) groups excluding carboxylic acids is 1. The third kappa shape index (κ3) is 4.42. The van der Waals surface area contributed by atoms with E-state index in [4.69, 9.17) is 23.7 Å². The van der Waals surface area contributed by atoms with Gasteiger partial charge in [-0.15, -0.1) is 0 Å². The van der Waals surface area contributed by atoms with Gasteiger partial charge in [0.15, 0.2) is 16.3 Å². The summed E-state index contributed by atoms with van der Waals surface area (Å²) >= 11 is 4.78. The molecule has 2 aromatic carbocycles. The second-order valence-electron chi connectivity index (χ2n) is 8.14. The quantitative estimate of drug-likeness (QED) is 0.409. The Kier molecular flexibility index (Phi) is 6.82. The largest absolute Gasteiger partial charge is 0.497 e. The van der Waals surface area contributed by atoms with E-state index < -0.39 is 12.0 Å². The molecular weight excluding hydrogens is 564 g/mol. The molecule has 0 aliphatic carbocycles. The fourth-order valence-corrected chi connectivity index (χ4v) is 5.79. The summed E-state index contributed by atoms with van der Waals surface area (Å²) in [7, 11) is 3.08. The maximum atomic E-state index is 13.9. The number of esters is 1. The number of aromatic nitrogens is 1. The predicted molar refractivity (Wildman–Crippen MR) is 140 cm³/mol. The van der Waals surface area contributed by atoms with Crippen LogP contribution in [-0.4, -0.2) is 38.2 Å². The molecule has 2 aliphatic rings. The number of carbonyl (C=O) groups is 1. The van der Waals surface area contributed by atoms with E-state index >= 15 is 0 Å². The lowest BCUT2D eigenvalue weighted by molar-refractivity contribution is -0.139. The van der Waals surface area contributed by atoms with E-state index in [0.717, 1.165) is 10.0 Å². The Balaban J connectivity index is 1.74. The van der Waals surface area contributed by atoms with Crippen molar-refractivity contribution in [3.05, 3.63) is 76.9 Å². The average molecular weight is 587 g/mol. The second kappa shape index (κ2) is 10.1. The summed E-state index contributed by atoms with van der Waals surface area (Å²) < 4.78 is 30.0. The van der Waals surface area contributed by atoms with Gasteiger partial charge in [-0.25, -0.2) is 9.79 Å². The lowest BCUT2D eigenvalue weighted by Crippen LogP contribution is -2.40. The van der Waals surface area contributed by atoms with Crippen molar-refractivity contribution < 1.29 is 28.5 Å². The monoisotopic (exact) mass is 586 g/mol. The molecule has 3 aromatic rings. The zero-order chi connectivity index (χ0) is 26.3. The van der Waals surface area contributed by atoms with E-state index in [2.05, 4.69) is 20.9 Å². The number of allylic oxidation sites excluding steroid dienone is 1. The van der Waals surface area contributed by atoms with Gasteiger partial charge in [0.25, 0.3) is 5.56 Å². The summed E-state index contributed by atoms with van der Waals surface area (Å²) in [6.07, 6.45) is 1.77. The van der Waals surface area contributed by atoms with Gasteiger partial charge in [0.1, 0.15) is 17.5 Å². The number of methoxy groups -OCH3 is 2. The predicted octanol–water partition coefficient (Wildman–Crippen LogP) is 3.31. The molecule has 2 aliphatic heterocycles. The van der Waals surface area contributed by atoms with E-state index in [-0.39, 0.29) is 24.5 Å². The normalized spacial score (nSPS) is 16.4.